The van der Waals surface area contributed by atoms with Crippen molar-refractivity contribution in [1.29, 1.82) is 0 Å². The van der Waals surface area contributed by atoms with E-state index in [1.807, 2.05) is 86.4 Å². The van der Waals surface area contributed by atoms with E-state index in [1.54, 1.807) is 0 Å². The molecule has 0 N–H and O–H groups in total. The summed E-state index contributed by atoms with van der Waals surface area (Å²) in [6.45, 7) is 8.00. The number of rotatable bonds is 3. The van der Waals surface area contributed by atoms with Crippen molar-refractivity contribution in [3.05, 3.63) is 42.5 Å². The average Bonchev–Trinajstić information content (AvgIpc) is 3.06. The molecule has 5 heteroatoms. The van der Waals surface area contributed by atoms with Crippen molar-refractivity contribution in [2.45, 2.75) is 57.2 Å². The van der Waals surface area contributed by atoms with Crippen LogP contribution in [-0.2, 0) is 0 Å². The highest BCUT2D eigenvalue weighted by Gasteiger charge is 2.19. The molecule has 0 spiro atoms. The number of fused-ring (bicyclic) bond motifs is 1. The first kappa shape index (κ1) is 18.5. The molecule has 0 bridgehead atoms. The molecule has 0 amide bonds. The van der Waals surface area contributed by atoms with E-state index in [4.69, 9.17) is 0 Å². The maximum absolute atomic E-state index is 4.69. The molecule has 2 heterocycles. The zero-order chi connectivity index (χ0) is 17.4. The Balaban J connectivity index is 0.000000487. The molecule has 128 valence electrons. The Morgan fingerprint density at radius 3 is 2.25 bits per heavy atom. The van der Waals surface area contributed by atoms with Crippen LogP contribution in [0.2, 0.25) is 0 Å². The standard InChI is InChI=1S/C15H14N4S.2C2H6/c1-2-5-11(6-3-1)15-17-16-13-9-10-14(18-19(13)15)20-12-7-4-8-12;2*1-2/h1-3,5-6,9-10,12H,4,7-8H2;2*1-2H3. The molecule has 0 radical (unpaired) electrons. The number of aromatic nitrogens is 4. The van der Waals surface area contributed by atoms with Gasteiger partial charge in [-0.15, -0.1) is 22.0 Å². The lowest BCUT2D eigenvalue weighted by Crippen LogP contribution is -2.13. The van der Waals surface area contributed by atoms with Gasteiger partial charge in [-0.25, -0.2) is 0 Å². The van der Waals surface area contributed by atoms with Gasteiger partial charge in [-0.1, -0.05) is 64.4 Å². The molecule has 3 aromatic rings. The van der Waals surface area contributed by atoms with E-state index in [0.717, 1.165) is 27.3 Å². The van der Waals surface area contributed by atoms with E-state index in [0.29, 0.717) is 0 Å². The highest BCUT2D eigenvalue weighted by molar-refractivity contribution is 7.99. The van der Waals surface area contributed by atoms with Gasteiger partial charge in [-0.3, -0.25) is 0 Å². The third kappa shape index (κ3) is 4.15. The lowest BCUT2D eigenvalue weighted by molar-refractivity contribution is 0.521. The second kappa shape index (κ2) is 9.42. The van der Waals surface area contributed by atoms with Gasteiger partial charge in [0.15, 0.2) is 11.5 Å². The van der Waals surface area contributed by atoms with E-state index in [2.05, 4.69) is 15.3 Å². The van der Waals surface area contributed by atoms with Crippen LogP contribution in [0.5, 0.6) is 0 Å². The summed E-state index contributed by atoms with van der Waals surface area (Å²) in [5, 5.41) is 14.9. The summed E-state index contributed by atoms with van der Waals surface area (Å²) in [5.74, 6) is 0.802. The first-order valence-corrected chi connectivity index (χ1v) is 9.73. The Morgan fingerprint density at radius 1 is 0.917 bits per heavy atom. The van der Waals surface area contributed by atoms with Crippen LogP contribution in [0.3, 0.4) is 0 Å². The molecule has 1 aliphatic carbocycles. The normalized spacial score (nSPS) is 13.3. The van der Waals surface area contributed by atoms with Crippen LogP contribution < -0.4 is 0 Å². The van der Waals surface area contributed by atoms with Gasteiger partial charge in [0.2, 0.25) is 0 Å². The Morgan fingerprint density at radius 2 is 1.62 bits per heavy atom. The van der Waals surface area contributed by atoms with Crippen molar-refractivity contribution in [3.63, 3.8) is 0 Å². The lowest BCUT2D eigenvalue weighted by Gasteiger charge is -2.23. The van der Waals surface area contributed by atoms with Crippen molar-refractivity contribution in [2.75, 3.05) is 0 Å². The minimum Gasteiger partial charge on any atom is -0.192 e. The van der Waals surface area contributed by atoms with Crippen molar-refractivity contribution >= 4 is 17.4 Å². The minimum atomic E-state index is 0.733. The quantitative estimate of drug-likeness (QED) is 0.631. The lowest BCUT2D eigenvalue weighted by atomic mass is 10.0. The van der Waals surface area contributed by atoms with E-state index in [1.165, 1.54) is 19.3 Å². The minimum absolute atomic E-state index is 0.733. The molecule has 1 saturated carbocycles. The molecular formula is C19H26N4S. The summed E-state index contributed by atoms with van der Waals surface area (Å²) in [6.07, 6.45) is 3.96. The van der Waals surface area contributed by atoms with Crippen LogP contribution in [0.15, 0.2) is 47.5 Å². The fraction of sp³-hybridized carbons (Fsp3) is 0.421. The van der Waals surface area contributed by atoms with Gasteiger partial charge in [-0.2, -0.15) is 9.61 Å². The molecule has 1 aliphatic rings. The molecule has 0 aliphatic heterocycles. The van der Waals surface area contributed by atoms with Gasteiger partial charge < -0.3 is 0 Å². The number of hydrogen-bond acceptors (Lipinski definition) is 4. The number of nitrogens with zero attached hydrogens (tertiary/aromatic N) is 4. The Bertz CT molecular complexity index is 735. The number of benzene rings is 1. The Hall–Kier alpha value is -1.88. The fourth-order valence-corrected chi connectivity index (χ4v) is 3.45. The van der Waals surface area contributed by atoms with Crippen LogP contribution in [0, 0.1) is 0 Å². The van der Waals surface area contributed by atoms with Gasteiger partial charge in [0.1, 0.15) is 5.03 Å². The predicted molar refractivity (Wildman–Crippen MR) is 102 cm³/mol. The van der Waals surface area contributed by atoms with Crippen molar-refractivity contribution in [3.8, 4) is 11.4 Å². The highest BCUT2D eigenvalue weighted by Crippen LogP contribution is 2.35. The second-order valence-corrected chi connectivity index (χ2v) is 6.32. The predicted octanol–water partition coefficient (Wildman–Crippen LogP) is 5.49. The zero-order valence-electron chi connectivity index (χ0n) is 14.9. The number of thioether (sulfide) groups is 1. The molecule has 0 atom stereocenters. The van der Waals surface area contributed by atoms with Crippen LogP contribution in [0.1, 0.15) is 47.0 Å². The summed E-state index contributed by atoms with van der Waals surface area (Å²) >= 11 is 1.87. The highest BCUT2D eigenvalue weighted by atomic mass is 32.2. The fourth-order valence-electron chi connectivity index (χ4n) is 2.26. The van der Waals surface area contributed by atoms with Crippen LogP contribution in [0.25, 0.3) is 17.0 Å². The molecule has 24 heavy (non-hydrogen) atoms. The maximum Gasteiger partial charge on any atom is 0.185 e. The molecular weight excluding hydrogens is 316 g/mol. The van der Waals surface area contributed by atoms with Crippen molar-refractivity contribution in [2.24, 2.45) is 0 Å². The Kier molecular flexibility index (Phi) is 7.25. The first-order chi connectivity index (χ1) is 11.9. The molecule has 1 fully saturated rings. The van der Waals surface area contributed by atoms with Gasteiger partial charge in [-0.05, 0) is 25.0 Å². The van der Waals surface area contributed by atoms with Crippen molar-refractivity contribution in [1.82, 2.24) is 19.8 Å². The van der Waals surface area contributed by atoms with Gasteiger partial charge in [0, 0.05) is 10.8 Å². The molecule has 1 aromatic carbocycles. The van der Waals surface area contributed by atoms with Crippen LogP contribution in [0.4, 0.5) is 0 Å². The van der Waals surface area contributed by atoms with Gasteiger partial charge in [0.25, 0.3) is 0 Å². The summed E-state index contributed by atoms with van der Waals surface area (Å²) in [5.41, 5.74) is 1.83. The maximum atomic E-state index is 4.69. The average molecular weight is 343 g/mol. The smallest absolute Gasteiger partial charge is 0.185 e. The Labute approximate surface area is 148 Å². The third-order valence-electron chi connectivity index (χ3n) is 3.61. The summed E-state index contributed by atoms with van der Waals surface area (Å²) in [7, 11) is 0. The first-order valence-electron chi connectivity index (χ1n) is 8.85. The zero-order valence-corrected chi connectivity index (χ0v) is 15.8. The summed E-state index contributed by atoms with van der Waals surface area (Å²) in [4.78, 5) is 0. The SMILES string of the molecule is CC.CC.c1ccc(-c2nnc3ccc(SC4CCC4)nn23)cc1. The van der Waals surface area contributed by atoms with Gasteiger partial charge >= 0.3 is 0 Å². The van der Waals surface area contributed by atoms with E-state index < -0.39 is 0 Å². The second-order valence-electron chi connectivity index (χ2n) is 5.00. The van der Waals surface area contributed by atoms with E-state index in [-0.39, 0.29) is 0 Å². The molecule has 0 unspecified atom stereocenters. The largest absolute Gasteiger partial charge is 0.192 e. The monoisotopic (exact) mass is 342 g/mol. The van der Waals surface area contributed by atoms with Crippen LogP contribution >= 0.6 is 11.8 Å². The molecule has 4 nitrogen and oxygen atoms in total. The molecule has 0 saturated heterocycles. The van der Waals surface area contributed by atoms with Crippen molar-refractivity contribution < 1.29 is 0 Å². The molecule has 2 aromatic heterocycles. The topological polar surface area (TPSA) is 43.1 Å². The third-order valence-corrected chi connectivity index (χ3v) is 4.87. The number of hydrogen-bond donors (Lipinski definition) is 0. The van der Waals surface area contributed by atoms with Gasteiger partial charge in [0.05, 0.1) is 0 Å². The van der Waals surface area contributed by atoms with E-state index in [9.17, 15) is 0 Å². The van der Waals surface area contributed by atoms with Crippen LogP contribution in [-0.4, -0.2) is 25.1 Å². The van der Waals surface area contributed by atoms with E-state index >= 15 is 0 Å². The summed E-state index contributed by atoms with van der Waals surface area (Å²) < 4.78 is 1.84. The molecule has 4 rings (SSSR count). The summed E-state index contributed by atoms with van der Waals surface area (Å²) in [6, 6.07) is 14.1.